The summed E-state index contributed by atoms with van der Waals surface area (Å²) in [4.78, 5) is 43.4. The van der Waals surface area contributed by atoms with Gasteiger partial charge < -0.3 is 30.3 Å². The van der Waals surface area contributed by atoms with Gasteiger partial charge in [-0.1, -0.05) is 0 Å². The van der Waals surface area contributed by atoms with Crippen LogP contribution in [0, 0.1) is 17.8 Å². The van der Waals surface area contributed by atoms with E-state index in [0.717, 1.165) is 24.2 Å². The lowest BCUT2D eigenvalue weighted by Gasteiger charge is -2.28. The largest absolute Gasteiger partial charge is 0.436 e. The molecule has 5 atom stereocenters. The predicted molar refractivity (Wildman–Crippen MR) is 130 cm³/mol. The highest BCUT2D eigenvalue weighted by Crippen LogP contribution is 2.55. The Labute approximate surface area is 219 Å². The molecule has 2 heterocycles. The van der Waals surface area contributed by atoms with Crippen molar-refractivity contribution in [1.29, 1.82) is 0 Å². The summed E-state index contributed by atoms with van der Waals surface area (Å²) in [6, 6.07) is -0.686. The maximum atomic E-state index is 13.3. The molecule has 0 spiro atoms. The molecule has 4 rings (SSSR count). The van der Waals surface area contributed by atoms with E-state index in [0.29, 0.717) is 17.4 Å². The molecule has 2 aliphatic carbocycles. The molecule has 3 fully saturated rings. The van der Waals surface area contributed by atoms with Gasteiger partial charge in [-0.2, -0.15) is 13.2 Å². The molecule has 1 aliphatic heterocycles. The number of fused-ring (bicyclic) bond motifs is 1. The van der Waals surface area contributed by atoms with Crippen molar-refractivity contribution in [2.24, 2.45) is 17.8 Å². The smallest absolute Gasteiger partial charge is 0.410 e. The van der Waals surface area contributed by atoms with Crippen molar-refractivity contribution in [3.63, 3.8) is 0 Å². The van der Waals surface area contributed by atoms with E-state index in [1.807, 2.05) is 5.32 Å². The first kappa shape index (κ1) is 27.9. The van der Waals surface area contributed by atoms with E-state index in [2.05, 4.69) is 15.6 Å². The summed E-state index contributed by atoms with van der Waals surface area (Å²) in [5, 5.41) is 7.36. The molecule has 0 unspecified atom stereocenters. The number of aromatic nitrogens is 1. The summed E-state index contributed by atoms with van der Waals surface area (Å²) in [6.07, 6.45) is -2.21. The number of halogens is 3. The first-order valence-electron chi connectivity index (χ1n) is 12.6. The van der Waals surface area contributed by atoms with Crippen molar-refractivity contribution in [1.82, 2.24) is 20.5 Å². The van der Waals surface area contributed by atoms with Crippen LogP contribution >= 0.6 is 0 Å². The molecule has 0 radical (unpaired) electrons. The molecule has 13 heteroatoms. The third-order valence-electron chi connectivity index (χ3n) is 7.13. The maximum absolute atomic E-state index is 13.3. The van der Waals surface area contributed by atoms with E-state index in [9.17, 15) is 27.6 Å². The van der Waals surface area contributed by atoms with Crippen LogP contribution in [0.4, 0.5) is 28.6 Å². The molecule has 1 aromatic heterocycles. The Morgan fingerprint density at radius 2 is 1.89 bits per heavy atom. The molecule has 38 heavy (non-hydrogen) atoms. The summed E-state index contributed by atoms with van der Waals surface area (Å²) < 4.78 is 50.4. The van der Waals surface area contributed by atoms with Gasteiger partial charge in [0.1, 0.15) is 11.9 Å². The fourth-order valence-electron chi connectivity index (χ4n) is 5.28. The number of hydrogen-bond donors (Lipinski definition) is 3. The second kappa shape index (κ2) is 10.6. The molecule has 3 aliphatic rings. The van der Waals surface area contributed by atoms with Crippen molar-refractivity contribution in [3.05, 3.63) is 23.9 Å². The molecular weight excluding hydrogens is 507 g/mol. The number of nitrogens with zero attached hydrogens (tertiary/aromatic N) is 2. The van der Waals surface area contributed by atoms with Crippen molar-refractivity contribution in [2.45, 2.75) is 69.9 Å². The highest BCUT2D eigenvalue weighted by Gasteiger charge is 2.51. The van der Waals surface area contributed by atoms with Crippen LogP contribution < -0.4 is 16.0 Å². The molecule has 10 nitrogen and oxygen atoms in total. The number of carbonyl (C=O) groups excluding carboxylic acids is 3. The first-order chi connectivity index (χ1) is 17.7. The number of urea groups is 1. The summed E-state index contributed by atoms with van der Waals surface area (Å²) >= 11 is 0. The summed E-state index contributed by atoms with van der Waals surface area (Å²) in [5.74, 6) is 0.556. The number of ether oxygens (including phenoxy) is 2. The Bertz CT molecular complexity index is 1050. The van der Waals surface area contributed by atoms with E-state index in [1.165, 1.54) is 19.4 Å². The summed E-state index contributed by atoms with van der Waals surface area (Å²) in [7, 11) is 1.38. The number of nitrogens with one attached hydrogen (secondary N) is 3. The van der Waals surface area contributed by atoms with E-state index in [-0.39, 0.29) is 18.3 Å². The Morgan fingerprint density at radius 1 is 1.21 bits per heavy atom. The average Bonchev–Trinajstić information content (AvgIpc) is 3.20. The van der Waals surface area contributed by atoms with Crippen LogP contribution in [0.5, 0.6) is 0 Å². The number of hydrogen-bond acceptors (Lipinski definition) is 6. The fourth-order valence-corrected chi connectivity index (χ4v) is 5.28. The van der Waals surface area contributed by atoms with Gasteiger partial charge in [0.05, 0.1) is 19.2 Å². The van der Waals surface area contributed by atoms with Gasteiger partial charge in [0, 0.05) is 24.8 Å². The molecule has 2 saturated carbocycles. The van der Waals surface area contributed by atoms with Crippen LogP contribution in [0.2, 0.25) is 0 Å². The highest BCUT2D eigenvalue weighted by atomic mass is 19.4. The lowest BCUT2D eigenvalue weighted by molar-refractivity contribution is -0.150. The fraction of sp³-hybridized carbons (Fsp3) is 0.680. The van der Waals surface area contributed by atoms with Crippen LogP contribution in [0.25, 0.3) is 0 Å². The topological polar surface area (TPSA) is 122 Å². The quantitative estimate of drug-likeness (QED) is 0.462. The number of alkyl halides is 3. The second-order valence-electron chi connectivity index (χ2n) is 11.3. The van der Waals surface area contributed by atoms with Gasteiger partial charge >= 0.3 is 18.3 Å². The van der Waals surface area contributed by atoms with Gasteiger partial charge in [-0.25, -0.2) is 14.6 Å². The molecule has 1 aromatic rings. The zero-order chi connectivity index (χ0) is 27.8. The SMILES string of the molecule is COC[C@H](c1ccnc(NC(=O)[C@@H](OC(=O)NC(C)(C)C)C2C[C@@H]3C[C@H]3C2)c1)N1C[C@@H](C(F)(F)F)NC1=O. The van der Waals surface area contributed by atoms with Gasteiger partial charge in [-0.3, -0.25) is 4.79 Å². The molecular formula is C25H34F3N5O5. The second-order valence-corrected chi connectivity index (χ2v) is 11.3. The van der Waals surface area contributed by atoms with Gasteiger partial charge in [-0.15, -0.1) is 0 Å². The van der Waals surface area contributed by atoms with E-state index >= 15 is 0 Å². The van der Waals surface area contributed by atoms with Gasteiger partial charge in [0.25, 0.3) is 5.91 Å². The zero-order valence-electron chi connectivity index (χ0n) is 21.8. The van der Waals surface area contributed by atoms with E-state index < -0.39 is 54.5 Å². The summed E-state index contributed by atoms with van der Waals surface area (Å²) in [5.41, 5.74) is -0.116. The van der Waals surface area contributed by atoms with Crippen molar-refractivity contribution >= 4 is 23.8 Å². The van der Waals surface area contributed by atoms with Crippen molar-refractivity contribution in [2.75, 3.05) is 25.6 Å². The van der Waals surface area contributed by atoms with Crippen LogP contribution in [-0.4, -0.2) is 72.0 Å². The van der Waals surface area contributed by atoms with Gasteiger partial charge in [-0.05, 0) is 69.6 Å². The number of amides is 4. The average molecular weight is 542 g/mol. The third-order valence-corrected chi connectivity index (χ3v) is 7.13. The predicted octanol–water partition coefficient (Wildman–Crippen LogP) is 3.60. The first-order valence-corrected chi connectivity index (χ1v) is 12.6. The minimum Gasteiger partial charge on any atom is -0.436 e. The van der Waals surface area contributed by atoms with Gasteiger partial charge in [0.15, 0.2) is 6.10 Å². The number of rotatable bonds is 8. The normalized spacial score (nSPS) is 24.9. The Balaban J connectivity index is 1.49. The standard InChI is InChI=1S/C25H34F3N5O5/c1-24(2,3)32-23(36)38-20(16-8-14-7-15(14)9-16)21(34)31-19-10-13(5-6-29-19)17(12-37-4)33-11-18(25(26,27)28)30-22(33)35/h5-6,10,14-18,20H,7-9,11-12H2,1-4H3,(H,30,35)(H,32,36)(H,29,31,34)/t14-,15-,17+,18-,20-/m0/s1. The minimum absolute atomic E-state index is 0.0705. The number of anilines is 1. The Hall–Kier alpha value is -3.09. The molecule has 4 amide bonds. The van der Waals surface area contributed by atoms with Crippen LogP contribution in [0.15, 0.2) is 18.3 Å². The monoisotopic (exact) mass is 541 g/mol. The van der Waals surface area contributed by atoms with Crippen molar-refractivity contribution in [3.8, 4) is 0 Å². The maximum Gasteiger partial charge on any atom is 0.410 e. The third kappa shape index (κ3) is 6.66. The Kier molecular flexibility index (Phi) is 7.78. The van der Waals surface area contributed by atoms with E-state index in [4.69, 9.17) is 9.47 Å². The number of alkyl carbamates (subject to hydrolysis) is 1. The molecule has 1 saturated heterocycles. The number of carbonyl (C=O) groups is 3. The van der Waals surface area contributed by atoms with Gasteiger partial charge in [0.2, 0.25) is 0 Å². The number of pyridine rings is 1. The van der Waals surface area contributed by atoms with Crippen LogP contribution in [-0.2, 0) is 14.3 Å². The molecule has 0 bridgehead atoms. The highest BCUT2D eigenvalue weighted by molar-refractivity contribution is 5.95. The molecule has 0 aromatic carbocycles. The lowest BCUT2D eigenvalue weighted by Crippen LogP contribution is -2.46. The summed E-state index contributed by atoms with van der Waals surface area (Å²) in [6.45, 7) is 4.76. The molecule has 210 valence electrons. The van der Waals surface area contributed by atoms with Crippen molar-refractivity contribution < 1.29 is 37.0 Å². The number of methoxy groups -OCH3 is 1. The van der Waals surface area contributed by atoms with Crippen LogP contribution in [0.1, 0.15) is 51.6 Å². The van der Waals surface area contributed by atoms with E-state index in [1.54, 1.807) is 26.8 Å². The van der Waals surface area contributed by atoms with Crippen LogP contribution in [0.3, 0.4) is 0 Å². The molecule has 3 N–H and O–H groups in total. The Morgan fingerprint density at radius 3 is 2.47 bits per heavy atom. The lowest BCUT2D eigenvalue weighted by atomic mass is 9.96. The minimum atomic E-state index is -4.59. The zero-order valence-corrected chi connectivity index (χ0v) is 21.8.